The molecular weight excluding hydrogens is 258 g/mol. The summed E-state index contributed by atoms with van der Waals surface area (Å²) in [6, 6.07) is 3.38. The number of nitrogens with one attached hydrogen (secondary N) is 1. The maximum absolute atomic E-state index is 11.2. The van der Waals surface area contributed by atoms with E-state index in [9.17, 15) is 4.79 Å². The maximum Gasteiger partial charge on any atom is 0.268 e. The highest BCUT2D eigenvalue weighted by Gasteiger charge is 2.19. The number of hydrogen-bond acceptors (Lipinski definition) is 4. The minimum Gasteiger partial charge on any atom is -0.493 e. The first kappa shape index (κ1) is 12.6. The van der Waals surface area contributed by atoms with Crippen LogP contribution in [0.1, 0.15) is 10.5 Å². The topological polar surface area (TPSA) is 60.6 Å². The molecule has 0 spiro atoms. The first-order chi connectivity index (χ1) is 8.62. The number of fused-ring (bicyclic) bond motifs is 1. The summed E-state index contributed by atoms with van der Waals surface area (Å²) in [5.74, 6) is 1.45. The van der Waals surface area contributed by atoms with Gasteiger partial charge in [-0.3, -0.25) is 4.79 Å². The van der Waals surface area contributed by atoms with Crippen LogP contribution < -0.4 is 14.2 Å². The van der Waals surface area contributed by atoms with E-state index in [0.29, 0.717) is 28.5 Å². The zero-order valence-electron chi connectivity index (χ0n) is 10.2. The number of aromatic nitrogens is 1. The third-order valence-electron chi connectivity index (χ3n) is 2.63. The van der Waals surface area contributed by atoms with Crippen LogP contribution >= 0.6 is 11.6 Å². The molecule has 0 saturated carbocycles. The van der Waals surface area contributed by atoms with E-state index in [2.05, 4.69) is 4.98 Å². The zero-order valence-corrected chi connectivity index (χ0v) is 10.9. The van der Waals surface area contributed by atoms with Crippen LogP contribution in [0.3, 0.4) is 0 Å². The van der Waals surface area contributed by atoms with Gasteiger partial charge in [-0.05, 0) is 23.7 Å². The Bertz CT molecular complexity index is 606. The lowest BCUT2D eigenvalue weighted by molar-refractivity contribution is 0.107. The molecule has 1 N–H and O–H groups in total. The zero-order chi connectivity index (χ0) is 13.3. The molecule has 0 aliphatic heterocycles. The number of aromatic amines is 1. The van der Waals surface area contributed by atoms with Crippen LogP contribution in [0.4, 0.5) is 0 Å². The molecular formula is C12H12ClNO4. The van der Waals surface area contributed by atoms with E-state index in [1.165, 1.54) is 21.3 Å². The predicted molar refractivity (Wildman–Crippen MR) is 68.1 cm³/mol. The van der Waals surface area contributed by atoms with Gasteiger partial charge in [-0.25, -0.2) is 0 Å². The number of rotatable bonds is 4. The fourth-order valence-corrected chi connectivity index (χ4v) is 1.95. The summed E-state index contributed by atoms with van der Waals surface area (Å²) in [4.78, 5) is 14.1. The first-order valence-electron chi connectivity index (χ1n) is 5.13. The number of carbonyl (C=O) groups excluding carboxylic acids is 1. The summed E-state index contributed by atoms with van der Waals surface area (Å²) in [5.41, 5.74) is 0.930. The summed E-state index contributed by atoms with van der Waals surface area (Å²) in [6.07, 6.45) is 0. The normalized spacial score (nSPS) is 10.4. The van der Waals surface area contributed by atoms with Crippen LogP contribution in [-0.4, -0.2) is 31.6 Å². The molecule has 0 unspecified atom stereocenters. The van der Waals surface area contributed by atoms with Crippen molar-refractivity contribution in [2.75, 3.05) is 21.3 Å². The fraction of sp³-hybridized carbons (Fsp3) is 0.250. The van der Waals surface area contributed by atoms with E-state index in [-0.39, 0.29) is 0 Å². The van der Waals surface area contributed by atoms with E-state index < -0.39 is 5.24 Å². The van der Waals surface area contributed by atoms with Gasteiger partial charge in [0.25, 0.3) is 5.24 Å². The van der Waals surface area contributed by atoms with Gasteiger partial charge in [0.2, 0.25) is 5.75 Å². The van der Waals surface area contributed by atoms with Crippen molar-refractivity contribution in [2.24, 2.45) is 0 Å². The van der Waals surface area contributed by atoms with Gasteiger partial charge in [-0.2, -0.15) is 0 Å². The van der Waals surface area contributed by atoms with Crippen LogP contribution in [-0.2, 0) is 0 Å². The highest BCUT2D eigenvalue weighted by Crippen LogP contribution is 2.43. The summed E-state index contributed by atoms with van der Waals surface area (Å²) in [6.45, 7) is 0. The largest absolute Gasteiger partial charge is 0.493 e. The van der Waals surface area contributed by atoms with Gasteiger partial charge in [0, 0.05) is 5.39 Å². The van der Waals surface area contributed by atoms with E-state index in [1.54, 1.807) is 12.1 Å². The summed E-state index contributed by atoms with van der Waals surface area (Å²) in [7, 11) is 4.56. The molecule has 0 fully saturated rings. The summed E-state index contributed by atoms with van der Waals surface area (Å²) in [5, 5.41) is 0.194. The van der Waals surface area contributed by atoms with E-state index >= 15 is 0 Å². The molecule has 0 aliphatic carbocycles. The number of hydrogen-bond donors (Lipinski definition) is 1. The first-order valence-corrected chi connectivity index (χ1v) is 5.51. The number of benzene rings is 1. The molecule has 1 heterocycles. The standard InChI is InChI=1S/C12H12ClNO4/c1-16-8-5-6-4-7(12(13)15)14-9(6)11(18-3)10(8)17-2/h4-5,14H,1-3H3. The van der Waals surface area contributed by atoms with Crippen molar-refractivity contribution in [1.82, 2.24) is 4.98 Å². The number of H-pyrrole nitrogens is 1. The van der Waals surface area contributed by atoms with Crippen molar-refractivity contribution in [3.63, 3.8) is 0 Å². The van der Waals surface area contributed by atoms with Crippen molar-refractivity contribution >= 4 is 27.7 Å². The number of methoxy groups -OCH3 is 3. The molecule has 2 aromatic rings. The van der Waals surface area contributed by atoms with Crippen LogP contribution in [0.25, 0.3) is 10.9 Å². The molecule has 6 heteroatoms. The van der Waals surface area contributed by atoms with Crippen molar-refractivity contribution in [3.05, 3.63) is 17.8 Å². The van der Waals surface area contributed by atoms with Gasteiger partial charge in [-0.15, -0.1) is 0 Å². The van der Waals surface area contributed by atoms with Gasteiger partial charge in [-0.1, -0.05) is 0 Å². The van der Waals surface area contributed by atoms with Crippen LogP contribution in [0.5, 0.6) is 17.2 Å². The Hall–Kier alpha value is -1.88. The second kappa shape index (κ2) is 4.78. The Morgan fingerprint density at radius 2 is 1.78 bits per heavy atom. The minimum absolute atomic E-state index is 0.292. The van der Waals surface area contributed by atoms with Gasteiger partial charge in [0.05, 0.1) is 32.5 Å². The van der Waals surface area contributed by atoms with E-state index in [1.807, 2.05) is 0 Å². The molecule has 0 atom stereocenters. The molecule has 0 bridgehead atoms. The Balaban J connectivity index is 2.79. The van der Waals surface area contributed by atoms with Crippen LogP contribution in [0, 0.1) is 0 Å². The number of ether oxygens (including phenoxy) is 3. The molecule has 5 nitrogen and oxygen atoms in total. The third-order valence-corrected chi connectivity index (χ3v) is 2.84. The maximum atomic E-state index is 11.2. The monoisotopic (exact) mass is 269 g/mol. The SMILES string of the molecule is COc1cc2cc(C(=O)Cl)[nH]c2c(OC)c1OC. The van der Waals surface area contributed by atoms with Gasteiger partial charge in [0.15, 0.2) is 11.5 Å². The second-order valence-electron chi connectivity index (χ2n) is 3.57. The third kappa shape index (κ3) is 1.86. The van der Waals surface area contributed by atoms with Crippen molar-refractivity contribution in [2.45, 2.75) is 0 Å². The molecule has 0 aliphatic rings. The van der Waals surface area contributed by atoms with Crippen molar-refractivity contribution in [1.29, 1.82) is 0 Å². The van der Waals surface area contributed by atoms with Crippen molar-refractivity contribution in [3.8, 4) is 17.2 Å². The molecule has 1 aromatic carbocycles. The lowest BCUT2D eigenvalue weighted by Crippen LogP contribution is -1.95. The molecule has 18 heavy (non-hydrogen) atoms. The molecule has 1 aromatic heterocycles. The van der Waals surface area contributed by atoms with E-state index in [0.717, 1.165) is 5.39 Å². The Morgan fingerprint density at radius 1 is 1.11 bits per heavy atom. The van der Waals surface area contributed by atoms with Gasteiger partial charge >= 0.3 is 0 Å². The average molecular weight is 270 g/mol. The fourth-order valence-electron chi connectivity index (χ4n) is 1.85. The highest BCUT2D eigenvalue weighted by molar-refractivity contribution is 6.67. The second-order valence-corrected chi connectivity index (χ2v) is 3.91. The predicted octanol–water partition coefficient (Wildman–Crippen LogP) is 2.57. The van der Waals surface area contributed by atoms with Crippen LogP contribution in [0.2, 0.25) is 0 Å². The molecule has 96 valence electrons. The molecule has 2 rings (SSSR count). The lowest BCUT2D eigenvalue weighted by atomic mass is 10.2. The molecule has 0 saturated heterocycles. The Kier molecular flexibility index (Phi) is 3.34. The Morgan fingerprint density at radius 3 is 2.28 bits per heavy atom. The minimum atomic E-state index is -0.564. The highest BCUT2D eigenvalue weighted by atomic mass is 35.5. The summed E-state index contributed by atoms with van der Waals surface area (Å²) < 4.78 is 15.8. The average Bonchev–Trinajstić information content (AvgIpc) is 2.79. The molecule has 0 amide bonds. The summed E-state index contributed by atoms with van der Waals surface area (Å²) >= 11 is 5.44. The van der Waals surface area contributed by atoms with Gasteiger partial charge < -0.3 is 19.2 Å². The van der Waals surface area contributed by atoms with Gasteiger partial charge in [0.1, 0.15) is 0 Å². The van der Waals surface area contributed by atoms with Crippen molar-refractivity contribution < 1.29 is 19.0 Å². The number of carbonyl (C=O) groups is 1. The quantitative estimate of drug-likeness (QED) is 0.867. The van der Waals surface area contributed by atoms with Crippen LogP contribution in [0.15, 0.2) is 12.1 Å². The number of halogens is 1. The Labute approximate surface area is 109 Å². The molecule has 0 radical (unpaired) electrons. The van der Waals surface area contributed by atoms with E-state index in [4.69, 9.17) is 25.8 Å². The smallest absolute Gasteiger partial charge is 0.268 e. The lowest BCUT2D eigenvalue weighted by Gasteiger charge is -2.12.